The van der Waals surface area contributed by atoms with Gasteiger partial charge in [0.15, 0.2) is 0 Å². The molecule has 0 aliphatic heterocycles. The van der Waals surface area contributed by atoms with Gasteiger partial charge in [0.2, 0.25) is 5.88 Å². The first kappa shape index (κ1) is 9.52. The van der Waals surface area contributed by atoms with Crippen LogP contribution in [0.4, 0.5) is 0 Å². The van der Waals surface area contributed by atoms with Crippen molar-refractivity contribution in [2.75, 3.05) is 13.7 Å². The summed E-state index contributed by atoms with van der Waals surface area (Å²) in [6.07, 6.45) is 1.18. The molecular weight excluding hydrogens is 178 g/mol. The molecule has 0 amide bonds. The second-order valence-corrected chi connectivity index (χ2v) is 3.97. The average Bonchev–Trinajstić information content (AvgIpc) is 2.86. The van der Waals surface area contributed by atoms with Crippen molar-refractivity contribution in [3.05, 3.63) is 11.3 Å². The first-order valence-electron chi connectivity index (χ1n) is 4.96. The van der Waals surface area contributed by atoms with E-state index in [0.717, 1.165) is 18.1 Å². The molecule has 0 bridgehead atoms. The number of rotatable bonds is 3. The highest BCUT2D eigenvalue weighted by atomic mass is 16.5. The van der Waals surface area contributed by atoms with E-state index in [2.05, 4.69) is 5.10 Å². The first-order chi connectivity index (χ1) is 6.69. The number of ether oxygens (including phenoxy) is 1. The van der Waals surface area contributed by atoms with Crippen molar-refractivity contribution in [3.63, 3.8) is 0 Å². The smallest absolute Gasteiger partial charge is 0.215 e. The SMILES string of the molecule is COc1c([C@@H]2C[C@H]2CN)c(C)nn1C. The third kappa shape index (κ3) is 1.30. The number of nitrogens with two attached hydrogens (primary N) is 1. The highest BCUT2D eigenvalue weighted by Crippen LogP contribution is 2.50. The van der Waals surface area contributed by atoms with Crippen LogP contribution in [-0.2, 0) is 7.05 Å². The van der Waals surface area contributed by atoms with Crippen LogP contribution in [0.25, 0.3) is 0 Å². The molecule has 1 aromatic rings. The summed E-state index contributed by atoms with van der Waals surface area (Å²) >= 11 is 0. The van der Waals surface area contributed by atoms with Gasteiger partial charge in [0.1, 0.15) is 0 Å². The molecule has 2 atom stereocenters. The summed E-state index contributed by atoms with van der Waals surface area (Å²) < 4.78 is 7.15. The lowest BCUT2D eigenvalue weighted by Crippen LogP contribution is -2.03. The number of methoxy groups -OCH3 is 1. The monoisotopic (exact) mass is 195 g/mol. The Kier molecular flexibility index (Phi) is 2.23. The van der Waals surface area contributed by atoms with Gasteiger partial charge in [-0.3, -0.25) is 0 Å². The van der Waals surface area contributed by atoms with Crippen LogP contribution in [-0.4, -0.2) is 23.4 Å². The van der Waals surface area contributed by atoms with Crippen LogP contribution in [0.5, 0.6) is 5.88 Å². The van der Waals surface area contributed by atoms with Crippen LogP contribution in [0, 0.1) is 12.8 Å². The van der Waals surface area contributed by atoms with Crippen molar-refractivity contribution >= 4 is 0 Å². The van der Waals surface area contributed by atoms with Gasteiger partial charge in [-0.15, -0.1) is 0 Å². The Morgan fingerprint density at radius 1 is 1.64 bits per heavy atom. The zero-order valence-corrected chi connectivity index (χ0v) is 8.95. The third-order valence-electron chi connectivity index (χ3n) is 3.00. The highest BCUT2D eigenvalue weighted by molar-refractivity contribution is 5.38. The van der Waals surface area contributed by atoms with Gasteiger partial charge in [-0.1, -0.05) is 0 Å². The topological polar surface area (TPSA) is 53.1 Å². The maximum Gasteiger partial charge on any atom is 0.215 e. The van der Waals surface area contributed by atoms with Gasteiger partial charge in [0.25, 0.3) is 0 Å². The fourth-order valence-electron chi connectivity index (χ4n) is 2.18. The molecule has 0 unspecified atom stereocenters. The second kappa shape index (κ2) is 3.28. The second-order valence-electron chi connectivity index (χ2n) is 3.97. The number of aromatic nitrogens is 2. The molecular formula is C10H17N3O. The molecule has 1 saturated carbocycles. The van der Waals surface area contributed by atoms with E-state index in [1.807, 2.05) is 14.0 Å². The molecule has 1 fully saturated rings. The summed E-state index contributed by atoms with van der Waals surface area (Å²) in [5.74, 6) is 2.10. The lowest BCUT2D eigenvalue weighted by molar-refractivity contribution is 0.369. The van der Waals surface area contributed by atoms with Crippen molar-refractivity contribution in [1.82, 2.24) is 9.78 Å². The fraction of sp³-hybridized carbons (Fsp3) is 0.700. The van der Waals surface area contributed by atoms with Crippen molar-refractivity contribution in [2.45, 2.75) is 19.3 Å². The van der Waals surface area contributed by atoms with E-state index >= 15 is 0 Å². The van der Waals surface area contributed by atoms with Gasteiger partial charge in [0, 0.05) is 12.6 Å². The standard InChI is InChI=1S/C10H17N3O/c1-6-9(8-4-7(8)5-11)10(14-3)13(2)12-6/h7-8H,4-5,11H2,1-3H3/t7-,8+/m0/s1. The quantitative estimate of drug-likeness (QED) is 0.776. The van der Waals surface area contributed by atoms with Crippen molar-refractivity contribution in [3.8, 4) is 5.88 Å². The maximum absolute atomic E-state index is 5.64. The van der Waals surface area contributed by atoms with Gasteiger partial charge in [-0.2, -0.15) is 5.10 Å². The van der Waals surface area contributed by atoms with Gasteiger partial charge >= 0.3 is 0 Å². The van der Waals surface area contributed by atoms with Gasteiger partial charge < -0.3 is 10.5 Å². The largest absolute Gasteiger partial charge is 0.481 e. The zero-order valence-electron chi connectivity index (χ0n) is 8.95. The Labute approximate surface area is 84.0 Å². The Morgan fingerprint density at radius 2 is 2.36 bits per heavy atom. The van der Waals surface area contributed by atoms with E-state index in [9.17, 15) is 0 Å². The number of hydrogen-bond acceptors (Lipinski definition) is 3. The summed E-state index contributed by atoms with van der Waals surface area (Å²) in [7, 11) is 3.61. The van der Waals surface area contributed by atoms with Crippen LogP contribution in [0.15, 0.2) is 0 Å². The summed E-state index contributed by atoms with van der Waals surface area (Å²) in [5, 5.41) is 4.36. The minimum absolute atomic E-state index is 0.573. The van der Waals surface area contributed by atoms with Crippen LogP contribution in [0.1, 0.15) is 23.6 Å². The van der Waals surface area contributed by atoms with E-state index in [0.29, 0.717) is 11.8 Å². The molecule has 0 saturated heterocycles. The number of nitrogens with zero attached hydrogens (tertiary/aromatic N) is 2. The van der Waals surface area contributed by atoms with E-state index in [1.165, 1.54) is 12.0 Å². The van der Waals surface area contributed by atoms with E-state index in [4.69, 9.17) is 10.5 Å². The van der Waals surface area contributed by atoms with E-state index < -0.39 is 0 Å². The van der Waals surface area contributed by atoms with Crippen LogP contribution in [0.2, 0.25) is 0 Å². The Morgan fingerprint density at radius 3 is 2.86 bits per heavy atom. The molecule has 0 aromatic carbocycles. The molecule has 2 N–H and O–H groups in total. The third-order valence-corrected chi connectivity index (χ3v) is 3.00. The first-order valence-corrected chi connectivity index (χ1v) is 4.96. The summed E-state index contributed by atoms with van der Waals surface area (Å²) in [5.41, 5.74) is 7.97. The Balaban J connectivity index is 2.32. The Hall–Kier alpha value is -1.03. The van der Waals surface area contributed by atoms with Gasteiger partial charge in [-0.25, -0.2) is 4.68 Å². The molecule has 1 aromatic heterocycles. The zero-order chi connectivity index (χ0) is 10.3. The molecule has 1 heterocycles. The predicted molar refractivity (Wildman–Crippen MR) is 54.4 cm³/mol. The molecule has 78 valence electrons. The lowest BCUT2D eigenvalue weighted by Gasteiger charge is -2.03. The van der Waals surface area contributed by atoms with E-state index in [1.54, 1.807) is 11.8 Å². The molecule has 4 nitrogen and oxygen atoms in total. The number of hydrogen-bond donors (Lipinski definition) is 1. The minimum atomic E-state index is 0.573. The molecule has 14 heavy (non-hydrogen) atoms. The molecule has 1 aliphatic carbocycles. The minimum Gasteiger partial charge on any atom is -0.481 e. The highest BCUT2D eigenvalue weighted by Gasteiger charge is 2.41. The van der Waals surface area contributed by atoms with Crippen LogP contribution < -0.4 is 10.5 Å². The fourth-order valence-corrected chi connectivity index (χ4v) is 2.18. The van der Waals surface area contributed by atoms with Crippen molar-refractivity contribution in [2.24, 2.45) is 18.7 Å². The molecule has 0 spiro atoms. The lowest BCUT2D eigenvalue weighted by atomic mass is 10.1. The maximum atomic E-state index is 5.64. The molecule has 4 heteroatoms. The number of aryl methyl sites for hydroxylation is 2. The summed E-state index contributed by atoms with van der Waals surface area (Å²) in [6, 6.07) is 0. The van der Waals surface area contributed by atoms with Gasteiger partial charge in [-0.05, 0) is 31.7 Å². The summed E-state index contributed by atoms with van der Waals surface area (Å²) in [4.78, 5) is 0. The van der Waals surface area contributed by atoms with Crippen LogP contribution in [0.3, 0.4) is 0 Å². The predicted octanol–water partition coefficient (Wildman–Crippen LogP) is 0.799. The Bertz CT molecular complexity index is 345. The van der Waals surface area contributed by atoms with Gasteiger partial charge in [0.05, 0.1) is 12.8 Å². The molecule has 0 radical (unpaired) electrons. The average molecular weight is 195 g/mol. The van der Waals surface area contributed by atoms with Crippen LogP contribution >= 0.6 is 0 Å². The van der Waals surface area contributed by atoms with Crippen molar-refractivity contribution in [1.29, 1.82) is 0 Å². The van der Waals surface area contributed by atoms with Crippen molar-refractivity contribution < 1.29 is 4.74 Å². The molecule has 1 aliphatic rings. The van der Waals surface area contributed by atoms with E-state index in [-0.39, 0.29) is 0 Å². The summed E-state index contributed by atoms with van der Waals surface area (Å²) in [6.45, 7) is 2.80. The normalized spacial score (nSPS) is 25.1. The molecule has 2 rings (SSSR count).